The Labute approximate surface area is 166 Å². The highest BCUT2D eigenvalue weighted by atomic mass is 32.2. The van der Waals surface area contributed by atoms with Gasteiger partial charge in [-0.15, -0.1) is 0 Å². The van der Waals surface area contributed by atoms with Gasteiger partial charge < -0.3 is 10.1 Å². The van der Waals surface area contributed by atoms with Crippen molar-refractivity contribution in [3.8, 4) is 0 Å². The number of carbonyl (C=O) groups excluding carboxylic acids is 3. The van der Waals surface area contributed by atoms with Crippen LogP contribution in [0.3, 0.4) is 0 Å². The summed E-state index contributed by atoms with van der Waals surface area (Å²) in [6.45, 7) is 0. The lowest BCUT2D eigenvalue weighted by atomic mass is 10.2. The molecule has 8 heteroatoms. The quantitative estimate of drug-likeness (QED) is 0.369. The van der Waals surface area contributed by atoms with E-state index in [-0.39, 0.29) is 18.2 Å². The summed E-state index contributed by atoms with van der Waals surface area (Å²) in [5.41, 5.74) is 1.71. The zero-order chi connectivity index (χ0) is 20.1. The average molecular weight is 397 g/mol. The number of thioether (sulfide) groups is 1. The number of hydrogen-bond acceptors (Lipinski definition) is 6. The molecule has 0 bridgehead atoms. The highest BCUT2D eigenvalue weighted by molar-refractivity contribution is 8.15. The Morgan fingerprint density at radius 3 is 2.43 bits per heavy atom. The second kappa shape index (κ2) is 8.71. The third kappa shape index (κ3) is 4.23. The van der Waals surface area contributed by atoms with Crippen molar-refractivity contribution in [1.29, 1.82) is 0 Å². The van der Waals surface area contributed by atoms with Crippen molar-refractivity contribution >= 4 is 46.1 Å². The first kappa shape index (κ1) is 19.6. The molecule has 0 aromatic heterocycles. The monoisotopic (exact) mass is 397 g/mol. The van der Waals surface area contributed by atoms with Crippen molar-refractivity contribution in [2.45, 2.75) is 11.7 Å². The predicted molar refractivity (Wildman–Crippen MR) is 110 cm³/mol. The normalized spacial score (nSPS) is 17.0. The average Bonchev–Trinajstić information content (AvgIpc) is 3.01. The van der Waals surface area contributed by atoms with E-state index in [1.54, 1.807) is 55.6 Å². The Morgan fingerprint density at radius 1 is 1.14 bits per heavy atom. The number of esters is 1. The van der Waals surface area contributed by atoms with Crippen LogP contribution < -0.4 is 10.2 Å². The summed E-state index contributed by atoms with van der Waals surface area (Å²) in [6, 6.07) is 15.6. The van der Waals surface area contributed by atoms with Crippen LogP contribution in [-0.4, -0.2) is 42.4 Å². The van der Waals surface area contributed by atoms with Crippen LogP contribution >= 0.6 is 11.8 Å². The lowest BCUT2D eigenvalue weighted by Crippen LogP contribution is -2.31. The van der Waals surface area contributed by atoms with Gasteiger partial charge in [-0.25, -0.2) is 9.69 Å². The topological polar surface area (TPSA) is 88.1 Å². The van der Waals surface area contributed by atoms with Crippen LogP contribution in [-0.2, 0) is 14.3 Å². The molecule has 0 saturated carbocycles. The van der Waals surface area contributed by atoms with Gasteiger partial charge in [-0.1, -0.05) is 30.0 Å². The highest BCUT2D eigenvalue weighted by Crippen LogP contribution is 2.30. The third-order valence-electron chi connectivity index (χ3n) is 4.13. The molecule has 28 heavy (non-hydrogen) atoms. The van der Waals surface area contributed by atoms with E-state index < -0.39 is 11.2 Å². The summed E-state index contributed by atoms with van der Waals surface area (Å²) in [5, 5.41) is 3.07. The molecule has 1 saturated heterocycles. The van der Waals surface area contributed by atoms with Crippen molar-refractivity contribution in [3.05, 3.63) is 60.2 Å². The SMILES string of the molecule is CN=C(Nc1ccc(C(=O)OC)cc1)SC1CC(=O)N(c2ccccc2)C1=O. The minimum atomic E-state index is -0.548. The Hall–Kier alpha value is -3.13. The van der Waals surface area contributed by atoms with Crippen molar-refractivity contribution in [2.75, 3.05) is 24.4 Å². The molecule has 2 aromatic rings. The summed E-state index contributed by atoms with van der Waals surface area (Å²) >= 11 is 1.21. The molecule has 1 aliphatic rings. The van der Waals surface area contributed by atoms with E-state index in [4.69, 9.17) is 0 Å². The first-order chi connectivity index (χ1) is 13.5. The number of para-hydroxylation sites is 1. The molecular formula is C20H19N3O4S. The molecule has 2 amide bonds. The van der Waals surface area contributed by atoms with E-state index in [2.05, 4.69) is 15.0 Å². The van der Waals surface area contributed by atoms with Gasteiger partial charge in [0.15, 0.2) is 5.17 Å². The second-order valence-electron chi connectivity index (χ2n) is 5.94. The van der Waals surface area contributed by atoms with E-state index in [0.717, 1.165) is 0 Å². The summed E-state index contributed by atoms with van der Waals surface area (Å²) in [5.74, 6) is -0.904. The standard InChI is InChI=1S/C20H19N3O4S/c1-21-20(22-14-10-8-13(9-11-14)19(26)27-2)28-16-12-17(24)23(18(16)25)15-6-4-3-5-7-15/h3-11,16H,12H2,1-2H3,(H,21,22). The van der Waals surface area contributed by atoms with Crippen molar-refractivity contribution in [1.82, 2.24) is 0 Å². The van der Waals surface area contributed by atoms with E-state index in [1.165, 1.54) is 23.8 Å². The van der Waals surface area contributed by atoms with Crippen LogP contribution in [0.5, 0.6) is 0 Å². The van der Waals surface area contributed by atoms with Gasteiger partial charge in [0.25, 0.3) is 0 Å². The summed E-state index contributed by atoms with van der Waals surface area (Å²) in [6.07, 6.45) is 0.111. The number of amides is 2. The smallest absolute Gasteiger partial charge is 0.337 e. The molecule has 0 aliphatic carbocycles. The zero-order valence-corrected chi connectivity index (χ0v) is 16.2. The molecule has 0 radical (unpaired) electrons. The first-order valence-corrected chi connectivity index (χ1v) is 9.42. The number of hydrogen-bond donors (Lipinski definition) is 1. The molecule has 1 atom stereocenters. The van der Waals surface area contributed by atoms with Crippen LogP contribution in [0.15, 0.2) is 59.6 Å². The first-order valence-electron chi connectivity index (χ1n) is 8.54. The molecular weight excluding hydrogens is 378 g/mol. The van der Waals surface area contributed by atoms with Crippen molar-refractivity contribution in [2.24, 2.45) is 4.99 Å². The predicted octanol–water partition coefficient (Wildman–Crippen LogP) is 2.94. The molecule has 144 valence electrons. The van der Waals surface area contributed by atoms with Gasteiger partial charge in [-0.05, 0) is 36.4 Å². The van der Waals surface area contributed by atoms with Crippen LogP contribution in [0.2, 0.25) is 0 Å². The molecule has 2 aromatic carbocycles. The van der Waals surface area contributed by atoms with Gasteiger partial charge >= 0.3 is 5.97 Å². The third-order valence-corrected chi connectivity index (χ3v) is 5.29. The van der Waals surface area contributed by atoms with E-state index in [0.29, 0.717) is 22.1 Å². The molecule has 0 spiro atoms. The fourth-order valence-corrected chi connectivity index (χ4v) is 3.73. The Balaban J connectivity index is 1.67. The Kier molecular flexibility index (Phi) is 6.10. The maximum absolute atomic E-state index is 12.7. The van der Waals surface area contributed by atoms with Gasteiger partial charge in [-0.2, -0.15) is 0 Å². The fraction of sp³-hybridized carbons (Fsp3) is 0.200. The number of carbonyl (C=O) groups is 3. The van der Waals surface area contributed by atoms with Crippen molar-refractivity contribution in [3.63, 3.8) is 0 Å². The zero-order valence-electron chi connectivity index (χ0n) is 15.4. The van der Waals surface area contributed by atoms with Gasteiger partial charge in [0, 0.05) is 19.2 Å². The summed E-state index contributed by atoms with van der Waals surface area (Å²) in [4.78, 5) is 42.0. The molecule has 1 heterocycles. The van der Waals surface area contributed by atoms with E-state index >= 15 is 0 Å². The van der Waals surface area contributed by atoms with Gasteiger partial charge in [-0.3, -0.25) is 14.6 Å². The number of nitrogens with zero attached hydrogens (tertiary/aromatic N) is 2. The maximum Gasteiger partial charge on any atom is 0.337 e. The van der Waals surface area contributed by atoms with Crippen molar-refractivity contribution < 1.29 is 19.1 Å². The van der Waals surface area contributed by atoms with Crippen LogP contribution in [0.25, 0.3) is 0 Å². The number of ether oxygens (including phenoxy) is 1. The van der Waals surface area contributed by atoms with Crippen LogP contribution in [0, 0.1) is 0 Å². The number of anilines is 2. The number of amidine groups is 1. The summed E-state index contributed by atoms with van der Waals surface area (Å²) in [7, 11) is 2.93. The number of rotatable bonds is 4. The number of methoxy groups -OCH3 is 1. The number of nitrogens with one attached hydrogen (secondary N) is 1. The van der Waals surface area contributed by atoms with Gasteiger partial charge in [0.2, 0.25) is 11.8 Å². The number of imide groups is 1. The Bertz CT molecular complexity index is 913. The highest BCUT2D eigenvalue weighted by Gasteiger charge is 2.40. The van der Waals surface area contributed by atoms with Gasteiger partial charge in [0.05, 0.1) is 18.4 Å². The largest absolute Gasteiger partial charge is 0.465 e. The minimum Gasteiger partial charge on any atom is -0.465 e. The van der Waals surface area contributed by atoms with Gasteiger partial charge in [0.1, 0.15) is 5.25 Å². The van der Waals surface area contributed by atoms with Crippen LogP contribution in [0.4, 0.5) is 11.4 Å². The summed E-state index contributed by atoms with van der Waals surface area (Å²) < 4.78 is 4.67. The number of benzene rings is 2. The molecule has 1 N–H and O–H groups in total. The molecule has 1 unspecified atom stereocenters. The van der Waals surface area contributed by atoms with E-state index in [9.17, 15) is 14.4 Å². The molecule has 1 aliphatic heterocycles. The lowest BCUT2D eigenvalue weighted by molar-refractivity contribution is -0.121. The minimum absolute atomic E-state index is 0.111. The number of aliphatic imine (C=N–C) groups is 1. The second-order valence-corrected chi connectivity index (χ2v) is 7.13. The molecule has 7 nitrogen and oxygen atoms in total. The van der Waals surface area contributed by atoms with E-state index in [1.807, 2.05) is 6.07 Å². The maximum atomic E-state index is 12.7. The van der Waals surface area contributed by atoms with Crippen LogP contribution in [0.1, 0.15) is 16.8 Å². The molecule has 1 fully saturated rings. The fourth-order valence-electron chi connectivity index (χ4n) is 2.75. The molecule has 3 rings (SSSR count). The lowest BCUT2D eigenvalue weighted by Gasteiger charge is -2.15. The Morgan fingerprint density at radius 2 is 1.82 bits per heavy atom.